The van der Waals surface area contributed by atoms with Gasteiger partial charge in [-0.1, -0.05) is 61.5 Å². The summed E-state index contributed by atoms with van der Waals surface area (Å²) in [7, 11) is 0. The number of hydrogen-bond donors (Lipinski definition) is 1. The minimum absolute atomic E-state index is 0.123. The minimum atomic E-state index is -1.13. The van der Waals surface area contributed by atoms with Gasteiger partial charge in [-0.3, -0.25) is 14.5 Å². The molecule has 2 heterocycles. The van der Waals surface area contributed by atoms with Gasteiger partial charge in [0, 0.05) is 0 Å². The third-order valence-electron chi connectivity index (χ3n) is 6.87. The van der Waals surface area contributed by atoms with Gasteiger partial charge in [-0.2, -0.15) is 0 Å². The van der Waals surface area contributed by atoms with Crippen LogP contribution in [0, 0.1) is 0 Å². The van der Waals surface area contributed by atoms with Crippen molar-refractivity contribution in [1.82, 2.24) is 4.90 Å². The van der Waals surface area contributed by atoms with E-state index in [0.29, 0.717) is 23.5 Å². The van der Waals surface area contributed by atoms with Gasteiger partial charge in [0.2, 0.25) is 0 Å². The first-order chi connectivity index (χ1) is 18.5. The van der Waals surface area contributed by atoms with E-state index in [0.717, 1.165) is 16.3 Å². The molecule has 1 saturated heterocycles. The molecule has 0 spiro atoms. The summed E-state index contributed by atoms with van der Waals surface area (Å²) in [6.45, 7) is 6.32. The lowest BCUT2D eigenvalue weighted by molar-refractivity contribution is -0.199. The normalized spacial score (nSPS) is 25.1. The van der Waals surface area contributed by atoms with Crippen LogP contribution in [0.5, 0.6) is 0 Å². The zero-order valence-electron chi connectivity index (χ0n) is 21.2. The lowest BCUT2D eigenvalue weighted by Gasteiger charge is -2.46. The number of rotatable bonds is 10. The maximum atomic E-state index is 13.3. The Hall–Kier alpha value is -3.01. The van der Waals surface area contributed by atoms with Crippen molar-refractivity contribution in [1.29, 1.82) is 0 Å². The monoisotopic (exact) mass is 533 g/mol. The molecule has 0 aromatic heterocycles. The quantitative estimate of drug-likeness (QED) is 0.305. The van der Waals surface area contributed by atoms with Gasteiger partial charge in [-0.05, 0) is 40.3 Å². The Morgan fingerprint density at radius 2 is 1.71 bits per heavy atom. The number of ether oxygens (including phenoxy) is 3. The van der Waals surface area contributed by atoms with Crippen LogP contribution in [-0.2, 0) is 20.8 Å². The van der Waals surface area contributed by atoms with Gasteiger partial charge >= 0.3 is 0 Å². The van der Waals surface area contributed by atoms with Gasteiger partial charge in [0.05, 0.1) is 30.9 Å². The Labute approximate surface area is 226 Å². The number of fused-ring (bicyclic) bond motifs is 2. The third-order valence-corrected chi connectivity index (χ3v) is 7.92. The number of carbonyl (C=O) groups is 2. The molecule has 7 nitrogen and oxygen atoms in total. The zero-order chi connectivity index (χ0) is 26.6. The lowest BCUT2D eigenvalue weighted by Crippen LogP contribution is -2.65. The second kappa shape index (κ2) is 11.8. The number of aliphatic hydroxyl groups is 1. The van der Waals surface area contributed by atoms with Crippen LogP contribution >= 0.6 is 11.8 Å². The predicted octanol–water partition coefficient (Wildman–Crippen LogP) is 4.43. The van der Waals surface area contributed by atoms with E-state index in [1.54, 1.807) is 30.3 Å². The molecule has 5 rings (SSSR count). The van der Waals surface area contributed by atoms with Gasteiger partial charge in [0.15, 0.2) is 0 Å². The van der Waals surface area contributed by atoms with Crippen molar-refractivity contribution in [3.8, 4) is 0 Å². The Morgan fingerprint density at radius 1 is 1.03 bits per heavy atom. The highest BCUT2D eigenvalue weighted by Gasteiger charge is 2.53. The summed E-state index contributed by atoms with van der Waals surface area (Å²) in [4.78, 5) is 27.9. The van der Waals surface area contributed by atoms with Crippen molar-refractivity contribution in [2.24, 2.45) is 0 Å². The van der Waals surface area contributed by atoms with Crippen molar-refractivity contribution < 1.29 is 28.9 Å². The number of aliphatic hydroxyl groups excluding tert-OH is 1. The molecule has 1 fully saturated rings. The van der Waals surface area contributed by atoms with Crippen LogP contribution in [0.1, 0.15) is 33.2 Å². The predicted molar refractivity (Wildman–Crippen MR) is 147 cm³/mol. The summed E-state index contributed by atoms with van der Waals surface area (Å²) in [5.41, 5.74) is 1.10. The van der Waals surface area contributed by atoms with E-state index in [9.17, 15) is 14.7 Å². The first-order valence-electron chi connectivity index (χ1n) is 12.7. The van der Waals surface area contributed by atoms with Gasteiger partial charge in [-0.25, -0.2) is 0 Å². The number of thioether (sulfide) groups is 1. The molecule has 5 atom stereocenters. The molecular weight excluding hydrogens is 502 g/mol. The topological polar surface area (TPSA) is 85.3 Å². The molecule has 1 N–H and O–H groups in total. The Morgan fingerprint density at radius 3 is 2.39 bits per heavy atom. The molecule has 0 unspecified atom stereocenters. The largest absolute Gasteiger partial charge is 0.388 e. The molecule has 0 aliphatic carbocycles. The first kappa shape index (κ1) is 26.6. The van der Waals surface area contributed by atoms with E-state index in [-0.39, 0.29) is 13.2 Å². The maximum absolute atomic E-state index is 13.3. The summed E-state index contributed by atoms with van der Waals surface area (Å²) >= 11 is 1.46. The van der Waals surface area contributed by atoms with Gasteiger partial charge in [-0.15, -0.1) is 18.3 Å². The fourth-order valence-corrected chi connectivity index (χ4v) is 6.11. The second-order valence-electron chi connectivity index (χ2n) is 9.29. The van der Waals surface area contributed by atoms with E-state index in [2.05, 4.69) is 30.8 Å². The van der Waals surface area contributed by atoms with E-state index < -0.39 is 41.6 Å². The summed E-state index contributed by atoms with van der Waals surface area (Å²) in [5, 5.41) is 13.7. The van der Waals surface area contributed by atoms with Crippen LogP contribution in [0.2, 0.25) is 0 Å². The molecule has 3 aromatic carbocycles. The first-order valence-corrected chi connectivity index (χ1v) is 13.8. The average Bonchev–Trinajstić information content (AvgIpc) is 3.19. The number of hydrogen-bond acceptors (Lipinski definition) is 7. The van der Waals surface area contributed by atoms with E-state index in [1.807, 2.05) is 25.1 Å². The molecule has 38 heavy (non-hydrogen) atoms. The highest BCUT2D eigenvalue weighted by molar-refractivity contribution is 7.99. The summed E-state index contributed by atoms with van der Waals surface area (Å²) in [6.07, 6.45) is -1.13. The lowest BCUT2D eigenvalue weighted by atomic mass is 9.96. The summed E-state index contributed by atoms with van der Waals surface area (Å²) in [6, 6.07) is 20.2. The van der Waals surface area contributed by atoms with Crippen LogP contribution in [0.25, 0.3) is 10.8 Å². The highest BCUT2D eigenvalue weighted by atomic mass is 32.2. The SMILES string of the molecule is C=CCO[C@H]1[C@H](O)[C@@H](COCc2ccc3ccccc3c2)O[C@@H](SCC)[C@@H]1N1C(=O)c2ccccc2C1=O. The third kappa shape index (κ3) is 5.15. The molecule has 3 aromatic rings. The van der Waals surface area contributed by atoms with Crippen molar-refractivity contribution >= 4 is 34.3 Å². The smallest absolute Gasteiger partial charge is 0.262 e. The Bertz CT molecular complexity index is 1290. The minimum Gasteiger partial charge on any atom is -0.388 e. The van der Waals surface area contributed by atoms with Crippen molar-refractivity contribution in [2.75, 3.05) is 19.0 Å². The number of imide groups is 1. The highest BCUT2D eigenvalue weighted by Crippen LogP contribution is 2.37. The van der Waals surface area contributed by atoms with Crippen LogP contribution in [0.4, 0.5) is 0 Å². The molecule has 8 heteroatoms. The number of carbonyl (C=O) groups excluding carboxylic acids is 2. The van der Waals surface area contributed by atoms with Gasteiger partial charge < -0.3 is 19.3 Å². The average molecular weight is 534 g/mol. The van der Waals surface area contributed by atoms with Crippen LogP contribution in [0.15, 0.2) is 79.4 Å². The molecule has 0 bridgehead atoms. The molecule has 0 saturated carbocycles. The van der Waals surface area contributed by atoms with E-state index in [4.69, 9.17) is 14.2 Å². The molecular formula is C30H31NO6S. The van der Waals surface area contributed by atoms with Crippen molar-refractivity contribution in [3.05, 3.63) is 96.1 Å². The number of nitrogens with zero attached hydrogens (tertiary/aromatic N) is 1. The molecule has 0 radical (unpaired) electrons. The summed E-state index contributed by atoms with van der Waals surface area (Å²) in [5.74, 6) is -0.142. The molecule has 2 amide bonds. The fourth-order valence-electron chi connectivity index (χ4n) is 5.09. The van der Waals surface area contributed by atoms with Crippen LogP contribution < -0.4 is 0 Å². The second-order valence-corrected chi connectivity index (χ2v) is 10.7. The Kier molecular flexibility index (Phi) is 8.26. The molecule has 2 aliphatic heterocycles. The maximum Gasteiger partial charge on any atom is 0.262 e. The van der Waals surface area contributed by atoms with E-state index in [1.165, 1.54) is 16.7 Å². The van der Waals surface area contributed by atoms with E-state index >= 15 is 0 Å². The standard InChI is InChI=1S/C30H31NO6S/c1-3-15-36-27-25(31-28(33)22-11-7-8-12-23(22)29(31)34)30(38-4-2)37-24(26(27)32)18-35-17-19-13-14-20-9-5-6-10-21(20)16-19/h3,5-14,16,24-27,30,32H,1,4,15,17-18H2,2H3/t24-,25-,26-,27-,30+/m1/s1. The number of benzene rings is 3. The van der Waals surface area contributed by atoms with Gasteiger partial charge in [0.25, 0.3) is 11.8 Å². The summed E-state index contributed by atoms with van der Waals surface area (Å²) < 4.78 is 18.3. The van der Waals surface area contributed by atoms with Crippen LogP contribution in [-0.4, -0.2) is 70.6 Å². The van der Waals surface area contributed by atoms with Gasteiger partial charge in [0.1, 0.15) is 29.8 Å². The number of amides is 2. The molecule has 198 valence electrons. The molecule has 2 aliphatic rings. The zero-order valence-corrected chi connectivity index (χ0v) is 22.0. The fraction of sp³-hybridized carbons (Fsp3) is 0.333. The van der Waals surface area contributed by atoms with Crippen molar-refractivity contribution in [2.45, 2.75) is 43.3 Å². The Balaban J connectivity index is 1.35. The van der Waals surface area contributed by atoms with Crippen LogP contribution in [0.3, 0.4) is 0 Å². The van der Waals surface area contributed by atoms with Crippen molar-refractivity contribution in [3.63, 3.8) is 0 Å².